The number of Topliss-reactive ketones (excluding diaryl/α,β-unsaturated/α-hetero) is 1. The first-order chi connectivity index (χ1) is 14.9. The SMILES string of the molecule is COC(=O)[C@@H]1[C@@H](c2ccccc2)[C@@]2(c3ccc(Br)cc3)Oc3cnccc3[C@@]1(O)C2=O. The van der Waals surface area contributed by atoms with Crippen LogP contribution in [-0.4, -0.2) is 29.0 Å². The predicted octanol–water partition coefficient (Wildman–Crippen LogP) is 3.48. The first-order valence-corrected chi connectivity index (χ1v) is 10.5. The number of hydrogen-bond acceptors (Lipinski definition) is 6. The monoisotopic (exact) mass is 479 g/mol. The lowest BCUT2D eigenvalue weighted by molar-refractivity contribution is -0.162. The minimum absolute atomic E-state index is 0.217. The summed E-state index contributed by atoms with van der Waals surface area (Å²) in [6, 6.07) is 17.8. The molecule has 0 amide bonds. The smallest absolute Gasteiger partial charge is 0.313 e. The number of nitrogens with zero attached hydrogens (tertiary/aromatic N) is 1. The normalized spacial score (nSPS) is 28.5. The van der Waals surface area contributed by atoms with Crippen LogP contribution >= 0.6 is 15.9 Å². The van der Waals surface area contributed by atoms with E-state index in [1.807, 2.05) is 30.3 Å². The third-order valence-electron chi connectivity index (χ3n) is 6.26. The summed E-state index contributed by atoms with van der Waals surface area (Å²) in [5.74, 6) is -3.05. The fourth-order valence-corrected chi connectivity index (χ4v) is 5.24. The van der Waals surface area contributed by atoms with Crippen molar-refractivity contribution in [1.29, 1.82) is 0 Å². The Morgan fingerprint density at radius 1 is 1.13 bits per heavy atom. The molecule has 7 heteroatoms. The van der Waals surface area contributed by atoms with Crippen molar-refractivity contribution in [2.45, 2.75) is 17.1 Å². The highest BCUT2D eigenvalue weighted by molar-refractivity contribution is 9.10. The first kappa shape index (κ1) is 19.9. The van der Waals surface area contributed by atoms with E-state index in [-0.39, 0.29) is 11.3 Å². The van der Waals surface area contributed by atoms with Gasteiger partial charge in [-0.1, -0.05) is 58.4 Å². The van der Waals surface area contributed by atoms with Crippen LogP contribution in [-0.2, 0) is 25.5 Å². The minimum Gasteiger partial charge on any atom is -0.472 e. The summed E-state index contributed by atoms with van der Waals surface area (Å²) in [5.41, 5.74) is -2.32. The molecule has 6 nitrogen and oxygen atoms in total. The zero-order valence-corrected chi connectivity index (χ0v) is 18.1. The highest BCUT2D eigenvalue weighted by Gasteiger charge is 2.76. The number of hydrogen-bond donors (Lipinski definition) is 1. The fraction of sp³-hybridized carbons (Fsp3) is 0.208. The Morgan fingerprint density at radius 2 is 1.84 bits per heavy atom. The summed E-state index contributed by atoms with van der Waals surface area (Å²) in [6.45, 7) is 0. The number of carbonyl (C=O) groups is 2. The lowest BCUT2D eigenvalue weighted by atomic mass is 9.75. The molecule has 4 atom stereocenters. The molecule has 0 saturated heterocycles. The summed E-state index contributed by atoms with van der Waals surface area (Å²) >= 11 is 3.42. The van der Waals surface area contributed by atoms with Crippen molar-refractivity contribution in [3.63, 3.8) is 0 Å². The van der Waals surface area contributed by atoms with Gasteiger partial charge in [-0.3, -0.25) is 14.6 Å². The maximum absolute atomic E-state index is 14.1. The third-order valence-corrected chi connectivity index (χ3v) is 6.79. The Bertz CT molecular complexity index is 1180. The Balaban J connectivity index is 1.89. The second kappa shape index (κ2) is 7.00. The molecule has 31 heavy (non-hydrogen) atoms. The second-order valence-electron chi connectivity index (χ2n) is 7.70. The summed E-state index contributed by atoms with van der Waals surface area (Å²) in [6.07, 6.45) is 2.92. The Hall–Kier alpha value is -3.03. The number of carbonyl (C=O) groups excluding carboxylic acids is 2. The van der Waals surface area contributed by atoms with Crippen molar-refractivity contribution in [3.05, 3.63) is 94.2 Å². The van der Waals surface area contributed by atoms with E-state index in [1.165, 1.54) is 25.6 Å². The average molecular weight is 480 g/mol. The van der Waals surface area contributed by atoms with Crippen LogP contribution in [0, 0.1) is 5.92 Å². The van der Waals surface area contributed by atoms with E-state index in [0.29, 0.717) is 11.1 Å². The lowest BCUT2D eigenvalue weighted by Gasteiger charge is -2.39. The average Bonchev–Trinajstić information content (AvgIpc) is 2.93. The molecule has 0 radical (unpaired) electrons. The summed E-state index contributed by atoms with van der Waals surface area (Å²) in [7, 11) is 1.25. The Labute approximate surface area is 187 Å². The molecule has 156 valence electrons. The Kier molecular flexibility index (Phi) is 4.50. The van der Waals surface area contributed by atoms with Gasteiger partial charge >= 0.3 is 5.97 Å². The highest BCUT2D eigenvalue weighted by Crippen LogP contribution is 2.64. The number of rotatable bonds is 3. The molecular weight excluding hydrogens is 462 g/mol. The van der Waals surface area contributed by atoms with Gasteiger partial charge in [0, 0.05) is 21.8 Å². The minimum atomic E-state index is -2.13. The van der Waals surface area contributed by atoms with Gasteiger partial charge in [-0.05, 0) is 23.8 Å². The lowest BCUT2D eigenvalue weighted by Crippen LogP contribution is -2.51. The van der Waals surface area contributed by atoms with E-state index in [4.69, 9.17) is 9.47 Å². The van der Waals surface area contributed by atoms with Crippen LogP contribution in [0.4, 0.5) is 0 Å². The number of ether oxygens (including phenoxy) is 2. The van der Waals surface area contributed by atoms with Crippen molar-refractivity contribution >= 4 is 27.7 Å². The maximum atomic E-state index is 14.1. The van der Waals surface area contributed by atoms with Gasteiger partial charge in [-0.2, -0.15) is 0 Å². The number of benzene rings is 2. The van der Waals surface area contributed by atoms with Crippen molar-refractivity contribution in [3.8, 4) is 5.75 Å². The molecular formula is C24H18BrNO5. The first-order valence-electron chi connectivity index (χ1n) is 9.74. The summed E-state index contributed by atoms with van der Waals surface area (Å²) in [5, 5.41) is 11.9. The fourth-order valence-electron chi connectivity index (χ4n) is 4.98. The van der Waals surface area contributed by atoms with Crippen LogP contribution in [0.15, 0.2) is 77.5 Å². The van der Waals surface area contributed by atoms with Gasteiger partial charge in [0.05, 0.1) is 19.2 Å². The van der Waals surface area contributed by atoms with Gasteiger partial charge in [0.1, 0.15) is 11.7 Å². The molecule has 1 fully saturated rings. The van der Waals surface area contributed by atoms with E-state index >= 15 is 0 Å². The molecule has 1 N–H and O–H groups in total. The van der Waals surface area contributed by atoms with Gasteiger partial charge in [0.15, 0.2) is 5.60 Å². The number of ketones is 1. The molecule has 2 bridgehead atoms. The van der Waals surface area contributed by atoms with E-state index in [1.54, 1.807) is 24.3 Å². The molecule has 0 unspecified atom stereocenters. The van der Waals surface area contributed by atoms with E-state index in [0.717, 1.165) is 4.47 Å². The summed E-state index contributed by atoms with van der Waals surface area (Å²) in [4.78, 5) is 31.3. The maximum Gasteiger partial charge on any atom is 0.313 e. The Morgan fingerprint density at radius 3 is 2.52 bits per heavy atom. The van der Waals surface area contributed by atoms with Crippen LogP contribution in [0.3, 0.4) is 0 Å². The molecule has 1 aliphatic carbocycles. The van der Waals surface area contributed by atoms with Gasteiger partial charge in [0.2, 0.25) is 11.4 Å². The molecule has 2 aromatic carbocycles. The zero-order chi connectivity index (χ0) is 21.8. The van der Waals surface area contributed by atoms with Crippen LogP contribution < -0.4 is 4.74 Å². The zero-order valence-electron chi connectivity index (χ0n) is 16.5. The molecule has 3 aromatic rings. The standard InChI is InChI=1S/C24H18BrNO5/c1-30-21(27)20-19(14-5-3-2-4-6-14)24(15-7-9-16(25)10-8-15)22(28)23(20,29)17-11-12-26-13-18(17)31-24/h2-13,19-20,29H,1H3/t19-,20+,23+,24-/m1/s1. The van der Waals surface area contributed by atoms with Gasteiger partial charge in [-0.15, -0.1) is 0 Å². The van der Waals surface area contributed by atoms with Crippen LogP contribution in [0.1, 0.15) is 22.6 Å². The summed E-state index contributed by atoms with van der Waals surface area (Å²) < 4.78 is 12.3. The van der Waals surface area contributed by atoms with Crippen molar-refractivity contribution < 1.29 is 24.2 Å². The second-order valence-corrected chi connectivity index (χ2v) is 8.62. The van der Waals surface area contributed by atoms with Crippen LogP contribution in [0.5, 0.6) is 5.75 Å². The number of fused-ring (bicyclic) bond motifs is 4. The number of esters is 1. The number of methoxy groups -OCH3 is 1. The number of aromatic nitrogens is 1. The third kappa shape index (κ3) is 2.56. The molecule has 1 aromatic heterocycles. The number of pyridine rings is 1. The van der Waals surface area contributed by atoms with Gasteiger partial charge in [0.25, 0.3) is 0 Å². The van der Waals surface area contributed by atoms with Crippen LogP contribution in [0.2, 0.25) is 0 Å². The van der Waals surface area contributed by atoms with Crippen molar-refractivity contribution in [1.82, 2.24) is 4.98 Å². The van der Waals surface area contributed by atoms with Gasteiger partial charge < -0.3 is 14.6 Å². The van der Waals surface area contributed by atoms with E-state index < -0.39 is 34.8 Å². The molecule has 1 aliphatic heterocycles. The number of halogens is 1. The largest absolute Gasteiger partial charge is 0.472 e. The predicted molar refractivity (Wildman–Crippen MR) is 114 cm³/mol. The highest BCUT2D eigenvalue weighted by atomic mass is 79.9. The quantitative estimate of drug-likeness (QED) is 0.578. The van der Waals surface area contributed by atoms with E-state index in [9.17, 15) is 14.7 Å². The van der Waals surface area contributed by atoms with Gasteiger partial charge in [-0.25, -0.2) is 0 Å². The molecule has 5 rings (SSSR count). The molecule has 0 spiro atoms. The van der Waals surface area contributed by atoms with Crippen LogP contribution in [0.25, 0.3) is 0 Å². The van der Waals surface area contributed by atoms with Crippen molar-refractivity contribution in [2.24, 2.45) is 5.92 Å². The topological polar surface area (TPSA) is 85.7 Å². The van der Waals surface area contributed by atoms with Crippen molar-refractivity contribution in [2.75, 3.05) is 7.11 Å². The number of aliphatic hydroxyl groups is 1. The molecule has 2 aliphatic rings. The molecule has 2 heterocycles. The van der Waals surface area contributed by atoms with E-state index in [2.05, 4.69) is 20.9 Å². The molecule has 1 saturated carbocycles.